The fraction of sp³-hybridized carbons (Fsp3) is 0.143. The van der Waals surface area contributed by atoms with Crippen LogP contribution in [-0.4, -0.2) is 0 Å². The van der Waals surface area contributed by atoms with E-state index in [9.17, 15) is 4.39 Å². The van der Waals surface area contributed by atoms with Gasteiger partial charge in [0.1, 0.15) is 0 Å². The lowest BCUT2D eigenvalue weighted by atomic mass is 10.3. The van der Waals surface area contributed by atoms with Crippen LogP contribution in [-0.2, 0) is 0 Å². The van der Waals surface area contributed by atoms with Crippen molar-refractivity contribution in [1.82, 2.24) is 0 Å². The van der Waals surface area contributed by atoms with E-state index in [0.29, 0.717) is 6.33 Å². The van der Waals surface area contributed by atoms with Crippen molar-refractivity contribution in [3.05, 3.63) is 34.2 Å². The molecule has 0 aromatic heterocycles. The number of halogens is 2. The van der Waals surface area contributed by atoms with Gasteiger partial charge in [-0.25, -0.2) is 4.39 Å². The maximum absolute atomic E-state index is 11.4. The Morgan fingerprint density at radius 1 is 1.56 bits per heavy atom. The molecule has 0 fully saturated rings. The lowest BCUT2D eigenvalue weighted by Crippen LogP contribution is -1.61. The monoisotopic (exact) mass is 238 g/mol. The molecule has 50 valence electrons. The Kier molecular flexibility index (Phi) is 5.93. The molecule has 0 atom stereocenters. The van der Waals surface area contributed by atoms with E-state index >= 15 is 0 Å². The van der Waals surface area contributed by atoms with Gasteiger partial charge < -0.3 is 0 Å². The van der Waals surface area contributed by atoms with Crippen LogP contribution in [0.5, 0.6) is 0 Å². The van der Waals surface area contributed by atoms with Crippen LogP contribution in [0.4, 0.5) is 4.39 Å². The first-order valence-corrected chi connectivity index (χ1v) is 3.76. The van der Waals surface area contributed by atoms with E-state index in [4.69, 9.17) is 0 Å². The second-order valence-electron chi connectivity index (χ2n) is 1.52. The van der Waals surface area contributed by atoms with Gasteiger partial charge in [0, 0.05) is 0 Å². The predicted molar refractivity (Wildman–Crippen MR) is 47.2 cm³/mol. The molecule has 0 aliphatic heterocycles. The first kappa shape index (κ1) is 8.88. The highest BCUT2D eigenvalue weighted by molar-refractivity contribution is 14.1. The Bertz CT molecular complexity index is 145. The highest BCUT2D eigenvalue weighted by atomic mass is 127. The average molecular weight is 238 g/mol. The van der Waals surface area contributed by atoms with Crippen molar-refractivity contribution in [3.63, 3.8) is 0 Å². The molecule has 0 N–H and O–H groups in total. The molecular formula is C7H8FI. The molecule has 0 aliphatic rings. The second-order valence-corrected chi connectivity index (χ2v) is 2.24. The smallest absolute Gasteiger partial charge is 0.0869 e. The normalized spacial score (nSPS) is 13.9. The molecule has 0 aromatic rings. The lowest BCUT2D eigenvalue weighted by Gasteiger charge is -1.82. The van der Waals surface area contributed by atoms with Gasteiger partial charge in [0.2, 0.25) is 0 Å². The zero-order valence-corrected chi connectivity index (χ0v) is 7.30. The Labute approximate surface area is 68.3 Å². The van der Waals surface area contributed by atoms with Gasteiger partial charge in [-0.1, -0.05) is 34.7 Å². The van der Waals surface area contributed by atoms with Crippen molar-refractivity contribution in [3.8, 4) is 0 Å². The van der Waals surface area contributed by atoms with Crippen LogP contribution >= 0.6 is 22.6 Å². The second kappa shape index (κ2) is 6.01. The van der Waals surface area contributed by atoms with Crippen molar-refractivity contribution < 1.29 is 4.39 Å². The van der Waals surface area contributed by atoms with Gasteiger partial charge in [-0.05, 0) is 22.7 Å². The Balaban J connectivity index is 3.84. The minimum Gasteiger partial charge on any atom is -0.216 e. The van der Waals surface area contributed by atoms with E-state index < -0.39 is 0 Å². The molecule has 0 heterocycles. The van der Waals surface area contributed by atoms with E-state index in [1.54, 1.807) is 0 Å². The standard InChI is InChI=1S/C7H8FI/c1-7(4-5-8)3-2-6-9/h2-6H,1H3/b5-4+,6-2-,7-3-. The molecular weight excluding hydrogens is 230 g/mol. The van der Waals surface area contributed by atoms with Crippen LogP contribution in [0.1, 0.15) is 6.92 Å². The highest BCUT2D eigenvalue weighted by Gasteiger charge is 1.74. The maximum atomic E-state index is 11.4. The summed E-state index contributed by atoms with van der Waals surface area (Å²) < 4.78 is 13.3. The molecule has 0 aliphatic carbocycles. The number of hydrogen-bond acceptors (Lipinski definition) is 0. The van der Waals surface area contributed by atoms with Gasteiger partial charge in [0.05, 0.1) is 6.33 Å². The van der Waals surface area contributed by atoms with Crippen LogP contribution in [0, 0.1) is 0 Å². The van der Waals surface area contributed by atoms with Crippen LogP contribution < -0.4 is 0 Å². The first-order chi connectivity index (χ1) is 4.31. The van der Waals surface area contributed by atoms with Crippen LogP contribution in [0.2, 0.25) is 0 Å². The van der Waals surface area contributed by atoms with Crippen molar-refractivity contribution in [2.45, 2.75) is 6.92 Å². The van der Waals surface area contributed by atoms with E-state index in [1.165, 1.54) is 6.08 Å². The van der Waals surface area contributed by atoms with Gasteiger partial charge in [-0.15, -0.1) is 0 Å². The number of rotatable bonds is 2. The summed E-state index contributed by atoms with van der Waals surface area (Å²) in [6.07, 6.45) is 5.64. The summed E-state index contributed by atoms with van der Waals surface area (Å²) in [5, 5.41) is 0. The summed E-state index contributed by atoms with van der Waals surface area (Å²) in [5.74, 6) is 0. The van der Waals surface area contributed by atoms with E-state index in [1.807, 2.05) is 23.2 Å². The summed E-state index contributed by atoms with van der Waals surface area (Å²) in [4.78, 5) is 0. The van der Waals surface area contributed by atoms with Gasteiger partial charge >= 0.3 is 0 Å². The number of hydrogen-bond donors (Lipinski definition) is 0. The summed E-state index contributed by atoms with van der Waals surface area (Å²) in [7, 11) is 0. The summed E-state index contributed by atoms with van der Waals surface area (Å²) >= 11 is 2.11. The molecule has 0 unspecified atom stereocenters. The largest absolute Gasteiger partial charge is 0.216 e. The topological polar surface area (TPSA) is 0 Å². The van der Waals surface area contributed by atoms with Gasteiger partial charge in [0.25, 0.3) is 0 Å². The minimum absolute atomic E-state index is 0.535. The predicted octanol–water partition coefficient (Wildman–Crippen LogP) is 3.36. The Morgan fingerprint density at radius 3 is 2.67 bits per heavy atom. The zero-order valence-electron chi connectivity index (χ0n) is 5.14. The number of allylic oxidation sites excluding steroid dienone is 4. The fourth-order valence-corrected chi connectivity index (χ4v) is 0.551. The van der Waals surface area contributed by atoms with Gasteiger partial charge in [0.15, 0.2) is 0 Å². The SMILES string of the molecule is CC(=C/C=C\I)/C=C/F. The molecule has 2 heteroatoms. The van der Waals surface area contributed by atoms with E-state index in [0.717, 1.165) is 5.57 Å². The Hall–Kier alpha value is -0.120. The minimum atomic E-state index is 0.535. The molecule has 0 bridgehead atoms. The van der Waals surface area contributed by atoms with Crippen LogP contribution in [0.25, 0.3) is 0 Å². The van der Waals surface area contributed by atoms with Crippen molar-refractivity contribution >= 4 is 22.6 Å². The Morgan fingerprint density at radius 2 is 2.22 bits per heavy atom. The highest BCUT2D eigenvalue weighted by Crippen LogP contribution is 1.96. The lowest BCUT2D eigenvalue weighted by molar-refractivity contribution is 0.720. The van der Waals surface area contributed by atoms with E-state index in [-0.39, 0.29) is 0 Å². The fourth-order valence-electron chi connectivity index (χ4n) is 0.343. The van der Waals surface area contributed by atoms with E-state index in [2.05, 4.69) is 22.6 Å². The van der Waals surface area contributed by atoms with Gasteiger partial charge in [-0.3, -0.25) is 0 Å². The quantitative estimate of drug-likeness (QED) is 0.511. The van der Waals surface area contributed by atoms with Crippen LogP contribution in [0.15, 0.2) is 34.2 Å². The zero-order chi connectivity index (χ0) is 7.11. The van der Waals surface area contributed by atoms with Crippen molar-refractivity contribution in [1.29, 1.82) is 0 Å². The van der Waals surface area contributed by atoms with Crippen LogP contribution in [0.3, 0.4) is 0 Å². The third kappa shape index (κ3) is 5.76. The molecule has 0 nitrogen and oxygen atoms in total. The molecule has 0 saturated heterocycles. The average Bonchev–Trinajstić information content (AvgIpc) is 1.85. The summed E-state index contributed by atoms with van der Waals surface area (Å²) in [5.41, 5.74) is 0.908. The molecule has 0 rings (SSSR count). The van der Waals surface area contributed by atoms with Crippen molar-refractivity contribution in [2.75, 3.05) is 0 Å². The molecule has 0 spiro atoms. The maximum Gasteiger partial charge on any atom is 0.0869 e. The first-order valence-electron chi connectivity index (χ1n) is 2.51. The summed E-state index contributed by atoms with van der Waals surface area (Å²) in [6.45, 7) is 1.84. The molecule has 0 saturated carbocycles. The third-order valence-corrected chi connectivity index (χ3v) is 1.17. The molecule has 0 radical (unpaired) electrons. The third-order valence-electron chi connectivity index (χ3n) is 0.758. The molecule has 0 aromatic carbocycles. The molecule has 9 heavy (non-hydrogen) atoms. The van der Waals surface area contributed by atoms with Crippen molar-refractivity contribution in [2.24, 2.45) is 0 Å². The van der Waals surface area contributed by atoms with Gasteiger partial charge in [-0.2, -0.15) is 0 Å². The molecule has 0 amide bonds. The summed E-state index contributed by atoms with van der Waals surface area (Å²) in [6, 6.07) is 0.